The van der Waals surface area contributed by atoms with E-state index in [0.29, 0.717) is 11.8 Å². The molecule has 0 spiro atoms. The van der Waals surface area contributed by atoms with Gasteiger partial charge in [-0.25, -0.2) is 0 Å². The normalized spacial score (nSPS) is 10.6. The Morgan fingerprint density at radius 1 is 1.56 bits per heavy atom. The minimum absolute atomic E-state index is 0.229. The molecule has 0 bridgehead atoms. The second-order valence-electron chi connectivity index (χ2n) is 3.11. The van der Waals surface area contributed by atoms with Gasteiger partial charge in [-0.15, -0.1) is 0 Å². The molecule has 1 heterocycles. The number of carbonyl (C=O) groups is 1. The highest BCUT2D eigenvalue weighted by Crippen LogP contribution is 2.16. The van der Waals surface area contributed by atoms with Crippen LogP contribution in [-0.2, 0) is 4.79 Å². The van der Waals surface area contributed by atoms with E-state index in [2.05, 4.69) is 4.98 Å². The van der Waals surface area contributed by atoms with Crippen molar-refractivity contribution in [2.45, 2.75) is 13.3 Å². The van der Waals surface area contributed by atoms with E-state index in [1.807, 2.05) is 0 Å². The molecule has 0 radical (unpaired) electrons. The summed E-state index contributed by atoms with van der Waals surface area (Å²) in [6, 6.07) is 0. The van der Waals surface area contributed by atoms with Gasteiger partial charge in [0.15, 0.2) is 0 Å². The summed E-state index contributed by atoms with van der Waals surface area (Å²) in [5.74, 6) is 0. The number of nitro groups is 1. The number of hydrogen-bond donors (Lipinski definition) is 1. The Bertz CT molecular complexity index is 502. The van der Waals surface area contributed by atoms with E-state index in [9.17, 15) is 19.7 Å². The molecular weight excluding hydrogens is 212 g/mol. The predicted octanol–water partition coefficient (Wildman–Crippen LogP) is 1.19. The first-order chi connectivity index (χ1) is 7.57. The van der Waals surface area contributed by atoms with E-state index in [4.69, 9.17) is 0 Å². The monoisotopic (exact) mass is 222 g/mol. The smallest absolute Gasteiger partial charge is 0.323 e. The van der Waals surface area contributed by atoms with Gasteiger partial charge in [0.2, 0.25) is 0 Å². The highest BCUT2D eigenvalue weighted by atomic mass is 16.6. The molecule has 1 aromatic rings. The molecule has 1 rings (SSSR count). The van der Waals surface area contributed by atoms with Gasteiger partial charge >= 0.3 is 11.2 Å². The standard InChI is InChI=1S/C10H10N2O4/c1-7-8(4-2-3-5-13)6-11-10(14)9(7)12(15)16/h2,4-6H,3H2,1H3,(H,11,14). The van der Waals surface area contributed by atoms with E-state index < -0.39 is 16.2 Å². The Kier molecular flexibility index (Phi) is 3.71. The fraction of sp³-hybridized carbons (Fsp3) is 0.200. The van der Waals surface area contributed by atoms with Crippen molar-refractivity contribution in [2.24, 2.45) is 0 Å². The van der Waals surface area contributed by atoms with Gasteiger partial charge in [0.25, 0.3) is 0 Å². The SMILES string of the molecule is Cc1c(C=CCC=O)c[nH]c(=O)c1[N+](=O)[O-]. The Hall–Kier alpha value is -2.24. The fourth-order valence-electron chi connectivity index (χ4n) is 1.27. The zero-order chi connectivity index (χ0) is 12.1. The minimum atomic E-state index is -0.727. The van der Waals surface area contributed by atoms with Crippen LogP contribution in [0.25, 0.3) is 6.08 Å². The van der Waals surface area contributed by atoms with Gasteiger partial charge in [-0.1, -0.05) is 12.2 Å². The van der Waals surface area contributed by atoms with Crippen LogP contribution in [-0.4, -0.2) is 16.2 Å². The Morgan fingerprint density at radius 3 is 2.81 bits per heavy atom. The average Bonchev–Trinajstić information content (AvgIpc) is 2.21. The molecule has 0 aliphatic heterocycles. The van der Waals surface area contributed by atoms with Crippen molar-refractivity contribution in [3.05, 3.63) is 43.9 Å². The molecule has 0 aliphatic carbocycles. The number of pyridine rings is 1. The third-order valence-electron chi connectivity index (χ3n) is 2.07. The quantitative estimate of drug-likeness (QED) is 0.470. The number of H-pyrrole nitrogens is 1. The second-order valence-corrected chi connectivity index (χ2v) is 3.11. The van der Waals surface area contributed by atoms with Crippen molar-refractivity contribution in [2.75, 3.05) is 0 Å². The number of rotatable bonds is 4. The van der Waals surface area contributed by atoms with E-state index in [1.165, 1.54) is 13.1 Å². The van der Waals surface area contributed by atoms with Crippen molar-refractivity contribution in [3.8, 4) is 0 Å². The number of aldehydes is 1. The molecular formula is C10H10N2O4. The van der Waals surface area contributed by atoms with Gasteiger partial charge in [0.1, 0.15) is 6.29 Å². The summed E-state index contributed by atoms with van der Waals surface area (Å²) in [4.78, 5) is 33.5. The molecule has 0 aromatic carbocycles. The van der Waals surface area contributed by atoms with Gasteiger partial charge in [-0.3, -0.25) is 14.9 Å². The van der Waals surface area contributed by atoms with Crippen molar-refractivity contribution < 1.29 is 9.72 Å². The molecule has 0 aliphatic rings. The summed E-state index contributed by atoms with van der Waals surface area (Å²) in [7, 11) is 0. The van der Waals surface area contributed by atoms with Crippen LogP contribution in [0.2, 0.25) is 0 Å². The molecule has 16 heavy (non-hydrogen) atoms. The second kappa shape index (κ2) is 5.01. The lowest BCUT2D eigenvalue weighted by molar-refractivity contribution is -0.386. The van der Waals surface area contributed by atoms with Crippen LogP contribution in [0, 0.1) is 17.0 Å². The highest BCUT2D eigenvalue weighted by molar-refractivity contribution is 5.61. The number of allylic oxidation sites excluding steroid dienone is 1. The molecule has 84 valence electrons. The van der Waals surface area contributed by atoms with Gasteiger partial charge < -0.3 is 9.78 Å². The van der Waals surface area contributed by atoms with Gasteiger partial charge in [-0.2, -0.15) is 0 Å². The zero-order valence-electron chi connectivity index (χ0n) is 8.60. The van der Waals surface area contributed by atoms with Crippen molar-refractivity contribution in [1.82, 2.24) is 4.98 Å². The summed E-state index contributed by atoms with van der Waals surface area (Å²) in [6.45, 7) is 1.49. The molecule has 6 heteroatoms. The third kappa shape index (κ3) is 2.41. The molecule has 6 nitrogen and oxygen atoms in total. The number of carbonyl (C=O) groups excluding carboxylic acids is 1. The van der Waals surface area contributed by atoms with Crippen LogP contribution >= 0.6 is 0 Å². The van der Waals surface area contributed by atoms with E-state index in [-0.39, 0.29) is 12.0 Å². The first kappa shape index (κ1) is 11.8. The molecule has 0 saturated heterocycles. The molecule has 0 fully saturated rings. The topological polar surface area (TPSA) is 93.1 Å². The predicted molar refractivity (Wildman–Crippen MR) is 58.2 cm³/mol. The first-order valence-corrected chi connectivity index (χ1v) is 4.54. The largest absolute Gasteiger partial charge is 0.337 e. The van der Waals surface area contributed by atoms with Crippen LogP contribution < -0.4 is 5.56 Å². The molecule has 1 aromatic heterocycles. The Balaban J connectivity index is 3.24. The molecule has 0 amide bonds. The van der Waals surface area contributed by atoms with Crippen LogP contribution in [0.4, 0.5) is 5.69 Å². The Morgan fingerprint density at radius 2 is 2.25 bits per heavy atom. The summed E-state index contributed by atoms with van der Waals surface area (Å²) in [5, 5.41) is 10.6. The average molecular weight is 222 g/mol. The number of hydrogen-bond acceptors (Lipinski definition) is 4. The van der Waals surface area contributed by atoms with E-state index in [1.54, 1.807) is 12.2 Å². The number of aromatic amines is 1. The van der Waals surface area contributed by atoms with E-state index in [0.717, 1.165) is 0 Å². The van der Waals surface area contributed by atoms with Crippen LogP contribution in [0.15, 0.2) is 17.1 Å². The lowest BCUT2D eigenvalue weighted by atomic mass is 10.1. The maximum Gasteiger partial charge on any atom is 0.337 e. The van der Waals surface area contributed by atoms with Gasteiger partial charge in [-0.05, 0) is 6.92 Å². The number of aromatic nitrogens is 1. The van der Waals surface area contributed by atoms with Gasteiger partial charge in [0, 0.05) is 23.7 Å². The van der Waals surface area contributed by atoms with Crippen molar-refractivity contribution >= 4 is 18.0 Å². The maximum absolute atomic E-state index is 11.2. The van der Waals surface area contributed by atoms with Crippen LogP contribution in [0.1, 0.15) is 17.5 Å². The first-order valence-electron chi connectivity index (χ1n) is 4.54. The van der Waals surface area contributed by atoms with Crippen molar-refractivity contribution in [1.29, 1.82) is 0 Å². The summed E-state index contributed by atoms with van der Waals surface area (Å²) < 4.78 is 0. The third-order valence-corrected chi connectivity index (χ3v) is 2.07. The molecule has 0 saturated carbocycles. The van der Waals surface area contributed by atoms with Crippen LogP contribution in [0.5, 0.6) is 0 Å². The molecule has 1 N–H and O–H groups in total. The molecule has 0 atom stereocenters. The van der Waals surface area contributed by atoms with Gasteiger partial charge in [0.05, 0.1) is 4.92 Å². The minimum Gasteiger partial charge on any atom is -0.323 e. The number of nitrogens with zero attached hydrogens (tertiary/aromatic N) is 1. The fourth-order valence-corrected chi connectivity index (χ4v) is 1.27. The number of nitrogens with one attached hydrogen (secondary N) is 1. The van der Waals surface area contributed by atoms with E-state index >= 15 is 0 Å². The summed E-state index contributed by atoms with van der Waals surface area (Å²) in [5.41, 5.74) is -0.382. The highest BCUT2D eigenvalue weighted by Gasteiger charge is 2.17. The summed E-state index contributed by atoms with van der Waals surface area (Å²) >= 11 is 0. The lowest BCUT2D eigenvalue weighted by Crippen LogP contribution is -2.13. The lowest BCUT2D eigenvalue weighted by Gasteiger charge is -1.99. The maximum atomic E-state index is 11.2. The Labute approximate surface area is 90.8 Å². The zero-order valence-corrected chi connectivity index (χ0v) is 8.60. The van der Waals surface area contributed by atoms with Crippen molar-refractivity contribution in [3.63, 3.8) is 0 Å². The van der Waals surface area contributed by atoms with Crippen LogP contribution in [0.3, 0.4) is 0 Å². The summed E-state index contributed by atoms with van der Waals surface area (Å²) in [6.07, 6.45) is 5.45. The molecule has 0 unspecified atom stereocenters.